The van der Waals surface area contributed by atoms with Gasteiger partial charge in [0, 0.05) is 6.42 Å². The fourth-order valence-electron chi connectivity index (χ4n) is 1.22. The Morgan fingerprint density at radius 3 is 2.92 bits per heavy atom. The minimum Gasteiger partial charge on any atom is -0.424 e. The molecule has 0 saturated heterocycles. The first kappa shape index (κ1) is 8.69. The van der Waals surface area contributed by atoms with Gasteiger partial charge >= 0.3 is 0 Å². The van der Waals surface area contributed by atoms with Gasteiger partial charge in [-0.25, -0.2) is 0 Å². The second kappa shape index (κ2) is 3.46. The van der Waals surface area contributed by atoms with E-state index in [1.165, 1.54) is 12.8 Å². The Balaban J connectivity index is 1.99. The highest BCUT2D eigenvalue weighted by Gasteiger charge is 2.24. The second-order valence-corrected chi connectivity index (χ2v) is 3.69. The Morgan fingerprint density at radius 2 is 2.31 bits per heavy atom. The van der Waals surface area contributed by atoms with Gasteiger partial charge in [0.15, 0.2) is 0 Å². The minimum absolute atomic E-state index is 0.153. The molecule has 13 heavy (non-hydrogen) atoms. The van der Waals surface area contributed by atoms with Crippen LogP contribution >= 0.6 is 0 Å². The lowest BCUT2D eigenvalue weighted by Gasteiger charge is -2.01. The van der Waals surface area contributed by atoms with E-state index in [0.717, 1.165) is 18.2 Å². The summed E-state index contributed by atoms with van der Waals surface area (Å²) in [4.78, 5) is 0. The average Bonchev–Trinajstić information content (AvgIpc) is 2.81. The Hall–Kier alpha value is -0.900. The molecule has 0 radical (unpaired) electrons. The first-order chi connectivity index (χ1) is 6.29. The molecule has 4 nitrogen and oxygen atoms in total. The maximum Gasteiger partial charge on any atom is 0.233 e. The van der Waals surface area contributed by atoms with Gasteiger partial charge in [-0.2, -0.15) is 0 Å². The van der Waals surface area contributed by atoms with E-state index in [1.54, 1.807) is 0 Å². The van der Waals surface area contributed by atoms with Crippen molar-refractivity contribution in [1.82, 2.24) is 15.5 Å². The minimum atomic E-state index is 0.153. The van der Waals surface area contributed by atoms with Crippen molar-refractivity contribution in [3.63, 3.8) is 0 Å². The molecule has 0 aliphatic heterocycles. The van der Waals surface area contributed by atoms with E-state index in [-0.39, 0.29) is 6.04 Å². The second-order valence-electron chi connectivity index (χ2n) is 3.69. The summed E-state index contributed by atoms with van der Waals surface area (Å²) in [7, 11) is 1.88. The van der Waals surface area contributed by atoms with Gasteiger partial charge in [0.2, 0.25) is 11.8 Å². The van der Waals surface area contributed by atoms with Crippen LogP contribution in [-0.2, 0) is 6.42 Å². The van der Waals surface area contributed by atoms with Gasteiger partial charge < -0.3 is 9.73 Å². The predicted octanol–water partition coefficient (Wildman–Crippen LogP) is 1.30. The maximum absolute atomic E-state index is 5.50. The molecule has 1 unspecified atom stereocenters. The smallest absolute Gasteiger partial charge is 0.233 e. The normalized spacial score (nSPS) is 18.9. The van der Waals surface area contributed by atoms with E-state index in [9.17, 15) is 0 Å². The summed E-state index contributed by atoms with van der Waals surface area (Å²) >= 11 is 0. The fraction of sp³-hybridized carbons (Fsp3) is 0.778. The molecule has 2 rings (SSSR count). The standard InChI is InChI=1S/C9H15N3O/c1-6(10-2)9-12-11-8(13-9)5-7-3-4-7/h6-7,10H,3-5H2,1-2H3. The van der Waals surface area contributed by atoms with Crippen LogP contribution in [0.25, 0.3) is 0 Å². The third kappa shape index (κ3) is 2.06. The van der Waals surface area contributed by atoms with Crippen LogP contribution in [0, 0.1) is 5.92 Å². The van der Waals surface area contributed by atoms with Gasteiger partial charge in [0.1, 0.15) is 0 Å². The molecule has 1 fully saturated rings. The highest BCUT2D eigenvalue weighted by atomic mass is 16.4. The van der Waals surface area contributed by atoms with Crippen molar-refractivity contribution < 1.29 is 4.42 Å². The Kier molecular flexibility index (Phi) is 2.31. The first-order valence-corrected chi connectivity index (χ1v) is 4.79. The quantitative estimate of drug-likeness (QED) is 0.760. The van der Waals surface area contributed by atoms with Gasteiger partial charge in [-0.1, -0.05) is 0 Å². The first-order valence-electron chi connectivity index (χ1n) is 4.79. The summed E-state index contributed by atoms with van der Waals surface area (Å²) in [5.41, 5.74) is 0. The maximum atomic E-state index is 5.50. The van der Waals surface area contributed by atoms with E-state index >= 15 is 0 Å². The number of rotatable bonds is 4. The van der Waals surface area contributed by atoms with Gasteiger partial charge in [-0.05, 0) is 32.7 Å². The number of hydrogen-bond acceptors (Lipinski definition) is 4. The van der Waals surface area contributed by atoms with Gasteiger partial charge in [-0.3, -0.25) is 0 Å². The lowest BCUT2D eigenvalue weighted by molar-refractivity contribution is 0.400. The average molecular weight is 181 g/mol. The lowest BCUT2D eigenvalue weighted by atomic mass is 10.3. The monoisotopic (exact) mass is 181 g/mol. The molecule has 72 valence electrons. The molecule has 1 aliphatic rings. The molecule has 0 bridgehead atoms. The van der Waals surface area contributed by atoms with E-state index in [2.05, 4.69) is 15.5 Å². The van der Waals surface area contributed by atoms with E-state index in [1.807, 2.05) is 14.0 Å². The van der Waals surface area contributed by atoms with E-state index in [4.69, 9.17) is 4.42 Å². The van der Waals surface area contributed by atoms with E-state index < -0.39 is 0 Å². The molecule has 1 aromatic rings. The van der Waals surface area contributed by atoms with Crippen LogP contribution in [0.1, 0.15) is 37.6 Å². The zero-order chi connectivity index (χ0) is 9.26. The molecule has 0 amide bonds. The number of nitrogens with one attached hydrogen (secondary N) is 1. The summed E-state index contributed by atoms with van der Waals surface area (Å²) in [6, 6.07) is 0.153. The van der Waals surface area contributed by atoms with Crippen molar-refractivity contribution in [2.45, 2.75) is 32.2 Å². The zero-order valence-corrected chi connectivity index (χ0v) is 8.08. The topological polar surface area (TPSA) is 51.0 Å². The van der Waals surface area contributed by atoms with Crippen molar-refractivity contribution >= 4 is 0 Å². The third-order valence-corrected chi connectivity index (χ3v) is 2.45. The van der Waals surface area contributed by atoms with Crippen molar-refractivity contribution in [2.75, 3.05) is 7.05 Å². The molecule has 1 aromatic heterocycles. The van der Waals surface area contributed by atoms with Gasteiger partial charge in [0.25, 0.3) is 0 Å². The summed E-state index contributed by atoms with van der Waals surface area (Å²) < 4.78 is 5.50. The summed E-state index contributed by atoms with van der Waals surface area (Å²) in [6.45, 7) is 2.01. The summed E-state index contributed by atoms with van der Waals surface area (Å²) in [5, 5.41) is 11.1. The van der Waals surface area contributed by atoms with Crippen molar-refractivity contribution in [1.29, 1.82) is 0 Å². The van der Waals surface area contributed by atoms with Crippen LogP contribution in [0.5, 0.6) is 0 Å². The molecule has 1 heterocycles. The number of nitrogens with zero attached hydrogens (tertiary/aromatic N) is 2. The van der Waals surface area contributed by atoms with Crippen molar-refractivity contribution in [2.24, 2.45) is 5.92 Å². The zero-order valence-electron chi connectivity index (χ0n) is 8.08. The van der Waals surface area contributed by atoms with Crippen LogP contribution in [0.15, 0.2) is 4.42 Å². The molecule has 1 aliphatic carbocycles. The Bertz CT molecular complexity index is 280. The Morgan fingerprint density at radius 1 is 1.54 bits per heavy atom. The van der Waals surface area contributed by atoms with Gasteiger partial charge in [-0.15, -0.1) is 10.2 Å². The molecule has 1 N–H and O–H groups in total. The molecule has 1 atom stereocenters. The van der Waals surface area contributed by atoms with Crippen molar-refractivity contribution in [3.8, 4) is 0 Å². The molecule has 0 aromatic carbocycles. The SMILES string of the molecule is CNC(C)c1nnc(CC2CC2)o1. The van der Waals surface area contributed by atoms with Crippen LogP contribution in [0.2, 0.25) is 0 Å². The van der Waals surface area contributed by atoms with Crippen molar-refractivity contribution in [3.05, 3.63) is 11.8 Å². The summed E-state index contributed by atoms with van der Waals surface area (Å²) in [5.74, 6) is 2.29. The fourth-order valence-corrected chi connectivity index (χ4v) is 1.22. The highest BCUT2D eigenvalue weighted by Crippen LogP contribution is 2.32. The summed E-state index contributed by atoms with van der Waals surface area (Å²) in [6.07, 6.45) is 3.60. The van der Waals surface area contributed by atoms with Crippen LogP contribution in [0.3, 0.4) is 0 Å². The molecular weight excluding hydrogens is 166 g/mol. The van der Waals surface area contributed by atoms with Gasteiger partial charge in [0.05, 0.1) is 6.04 Å². The lowest BCUT2D eigenvalue weighted by Crippen LogP contribution is -2.12. The highest BCUT2D eigenvalue weighted by molar-refractivity contribution is 4.91. The molecule has 1 saturated carbocycles. The largest absolute Gasteiger partial charge is 0.424 e. The van der Waals surface area contributed by atoms with Crippen LogP contribution in [0.4, 0.5) is 0 Å². The molecule has 0 spiro atoms. The number of aromatic nitrogens is 2. The van der Waals surface area contributed by atoms with E-state index in [0.29, 0.717) is 5.89 Å². The third-order valence-electron chi connectivity index (χ3n) is 2.45. The van der Waals surface area contributed by atoms with Crippen LogP contribution < -0.4 is 5.32 Å². The Labute approximate surface area is 77.7 Å². The molecule has 4 heteroatoms. The molecular formula is C9H15N3O. The predicted molar refractivity (Wildman–Crippen MR) is 48.2 cm³/mol. The number of hydrogen-bond donors (Lipinski definition) is 1. The van der Waals surface area contributed by atoms with Crippen LogP contribution in [-0.4, -0.2) is 17.2 Å².